The molecule has 0 aromatic heterocycles. The molecule has 2 nitrogen and oxygen atoms in total. The minimum atomic E-state index is -0.309. The third-order valence-electron chi connectivity index (χ3n) is 2.48. The fourth-order valence-corrected chi connectivity index (χ4v) is 1.97. The summed E-state index contributed by atoms with van der Waals surface area (Å²) in [7, 11) is 0. The van der Waals surface area contributed by atoms with E-state index in [1.165, 1.54) is 12.1 Å². The van der Waals surface area contributed by atoms with Crippen LogP contribution < -0.4 is 5.32 Å². The summed E-state index contributed by atoms with van der Waals surface area (Å²) in [5, 5.41) is 11.9. The van der Waals surface area contributed by atoms with E-state index >= 15 is 0 Å². The minimum Gasteiger partial charge on any atom is -0.381 e. The van der Waals surface area contributed by atoms with Gasteiger partial charge < -0.3 is 5.32 Å². The van der Waals surface area contributed by atoms with Crippen molar-refractivity contribution in [1.29, 1.82) is 5.26 Å². The SMILES string of the molecule is N#Cc1ccc(F)c(CNc2cccc(Br)c2)c1. The largest absolute Gasteiger partial charge is 0.381 e. The maximum Gasteiger partial charge on any atom is 0.128 e. The summed E-state index contributed by atoms with van der Waals surface area (Å²) in [6.45, 7) is 0.345. The molecule has 0 unspecified atom stereocenters. The van der Waals surface area contributed by atoms with Gasteiger partial charge in [0.2, 0.25) is 0 Å². The third kappa shape index (κ3) is 3.08. The molecule has 2 aromatic rings. The van der Waals surface area contributed by atoms with Gasteiger partial charge in [0, 0.05) is 22.3 Å². The summed E-state index contributed by atoms with van der Waals surface area (Å²) >= 11 is 3.37. The summed E-state index contributed by atoms with van der Waals surface area (Å²) in [6.07, 6.45) is 0. The number of nitrogens with one attached hydrogen (secondary N) is 1. The molecule has 0 amide bonds. The van der Waals surface area contributed by atoms with Gasteiger partial charge in [0.15, 0.2) is 0 Å². The van der Waals surface area contributed by atoms with E-state index in [2.05, 4.69) is 21.2 Å². The average molecular weight is 305 g/mol. The molecule has 0 spiro atoms. The lowest BCUT2D eigenvalue weighted by Gasteiger charge is -2.08. The summed E-state index contributed by atoms with van der Waals surface area (Å²) in [5.74, 6) is -0.309. The molecule has 0 atom stereocenters. The lowest BCUT2D eigenvalue weighted by Crippen LogP contribution is -2.02. The van der Waals surface area contributed by atoms with Gasteiger partial charge in [-0.15, -0.1) is 0 Å². The Morgan fingerprint density at radius 1 is 1.22 bits per heavy atom. The highest BCUT2D eigenvalue weighted by molar-refractivity contribution is 9.10. The molecule has 2 aromatic carbocycles. The highest BCUT2D eigenvalue weighted by Crippen LogP contribution is 2.17. The first kappa shape index (κ1) is 12.6. The Morgan fingerprint density at radius 3 is 2.78 bits per heavy atom. The Hall–Kier alpha value is -1.86. The normalized spacial score (nSPS) is 9.83. The Bertz CT molecular complexity index is 605. The molecular formula is C14H10BrFN2. The third-order valence-corrected chi connectivity index (χ3v) is 2.98. The van der Waals surface area contributed by atoms with E-state index in [4.69, 9.17) is 5.26 Å². The summed E-state index contributed by atoms with van der Waals surface area (Å²) in [5.41, 5.74) is 1.84. The molecule has 0 aliphatic heterocycles. The minimum absolute atomic E-state index is 0.309. The molecular weight excluding hydrogens is 295 g/mol. The van der Waals surface area contributed by atoms with Gasteiger partial charge in [-0.2, -0.15) is 5.26 Å². The molecule has 0 fully saturated rings. The second-order valence-electron chi connectivity index (χ2n) is 3.78. The topological polar surface area (TPSA) is 35.8 Å². The predicted molar refractivity (Wildman–Crippen MR) is 72.6 cm³/mol. The predicted octanol–water partition coefficient (Wildman–Crippen LogP) is 4.07. The van der Waals surface area contributed by atoms with E-state index < -0.39 is 0 Å². The van der Waals surface area contributed by atoms with Crippen molar-refractivity contribution in [2.45, 2.75) is 6.54 Å². The number of nitriles is 1. The van der Waals surface area contributed by atoms with Gasteiger partial charge in [-0.25, -0.2) is 4.39 Å². The van der Waals surface area contributed by atoms with Crippen molar-refractivity contribution in [3.8, 4) is 6.07 Å². The monoisotopic (exact) mass is 304 g/mol. The molecule has 0 heterocycles. The number of halogens is 2. The second kappa shape index (κ2) is 5.65. The van der Waals surface area contributed by atoms with Crippen LogP contribution in [0.3, 0.4) is 0 Å². The molecule has 1 N–H and O–H groups in total. The van der Waals surface area contributed by atoms with Gasteiger partial charge in [-0.3, -0.25) is 0 Å². The van der Waals surface area contributed by atoms with Crippen LogP contribution in [0.2, 0.25) is 0 Å². The van der Waals surface area contributed by atoms with Gasteiger partial charge in [-0.1, -0.05) is 22.0 Å². The van der Waals surface area contributed by atoms with Crippen molar-refractivity contribution in [1.82, 2.24) is 0 Å². The molecule has 4 heteroatoms. The number of benzene rings is 2. The van der Waals surface area contributed by atoms with Gasteiger partial charge in [0.05, 0.1) is 11.6 Å². The average Bonchev–Trinajstić information content (AvgIpc) is 2.38. The van der Waals surface area contributed by atoms with Crippen LogP contribution in [0, 0.1) is 17.1 Å². The van der Waals surface area contributed by atoms with Crippen LogP contribution in [0.15, 0.2) is 46.9 Å². The van der Waals surface area contributed by atoms with Crippen molar-refractivity contribution >= 4 is 21.6 Å². The van der Waals surface area contributed by atoms with Crippen LogP contribution in [-0.4, -0.2) is 0 Å². The first-order valence-electron chi connectivity index (χ1n) is 5.37. The number of nitrogens with zero attached hydrogens (tertiary/aromatic N) is 1. The maximum atomic E-state index is 13.5. The smallest absolute Gasteiger partial charge is 0.128 e. The van der Waals surface area contributed by atoms with Crippen molar-refractivity contribution in [3.05, 3.63) is 63.9 Å². The fourth-order valence-electron chi connectivity index (χ4n) is 1.58. The van der Waals surface area contributed by atoms with Crippen molar-refractivity contribution < 1.29 is 4.39 Å². The van der Waals surface area contributed by atoms with Crippen LogP contribution in [0.5, 0.6) is 0 Å². The van der Waals surface area contributed by atoms with Crippen LogP contribution in [0.4, 0.5) is 10.1 Å². The molecule has 2 rings (SSSR count). The number of hydrogen-bond acceptors (Lipinski definition) is 2. The molecule has 0 saturated carbocycles. The Balaban J connectivity index is 2.13. The standard InChI is InChI=1S/C14H10BrFN2/c15-12-2-1-3-13(7-12)18-9-11-6-10(8-17)4-5-14(11)16/h1-7,18H,9H2. The Morgan fingerprint density at radius 2 is 2.06 bits per heavy atom. The summed E-state index contributed by atoms with van der Waals surface area (Å²) < 4.78 is 14.5. The molecule has 0 radical (unpaired) electrons. The molecule has 0 saturated heterocycles. The summed E-state index contributed by atoms with van der Waals surface area (Å²) in [4.78, 5) is 0. The first-order valence-corrected chi connectivity index (χ1v) is 6.16. The van der Waals surface area contributed by atoms with Crippen LogP contribution in [-0.2, 0) is 6.54 Å². The van der Waals surface area contributed by atoms with Crippen molar-refractivity contribution in [2.24, 2.45) is 0 Å². The van der Waals surface area contributed by atoms with E-state index in [0.717, 1.165) is 10.2 Å². The zero-order valence-corrected chi connectivity index (χ0v) is 11.0. The van der Waals surface area contributed by atoms with Crippen molar-refractivity contribution in [2.75, 3.05) is 5.32 Å². The van der Waals surface area contributed by atoms with Crippen LogP contribution in [0.25, 0.3) is 0 Å². The lowest BCUT2D eigenvalue weighted by atomic mass is 10.1. The van der Waals surface area contributed by atoms with Crippen LogP contribution in [0.1, 0.15) is 11.1 Å². The van der Waals surface area contributed by atoms with Gasteiger partial charge in [0.1, 0.15) is 5.82 Å². The second-order valence-corrected chi connectivity index (χ2v) is 4.70. The van der Waals surface area contributed by atoms with Crippen LogP contribution >= 0.6 is 15.9 Å². The number of hydrogen-bond donors (Lipinski definition) is 1. The maximum absolute atomic E-state index is 13.5. The lowest BCUT2D eigenvalue weighted by molar-refractivity contribution is 0.612. The molecule has 0 bridgehead atoms. The van der Waals surface area contributed by atoms with E-state index in [1.54, 1.807) is 6.07 Å². The zero-order chi connectivity index (χ0) is 13.0. The fraction of sp³-hybridized carbons (Fsp3) is 0.0714. The van der Waals surface area contributed by atoms with Gasteiger partial charge in [0.25, 0.3) is 0 Å². The Labute approximate surface area is 113 Å². The Kier molecular flexibility index (Phi) is 3.96. The molecule has 0 aliphatic carbocycles. The molecule has 18 heavy (non-hydrogen) atoms. The van der Waals surface area contributed by atoms with E-state index in [1.807, 2.05) is 30.3 Å². The quantitative estimate of drug-likeness (QED) is 0.927. The van der Waals surface area contributed by atoms with Gasteiger partial charge >= 0.3 is 0 Å². The van der Waals surface area contributed by atoms with E-state index in [9.17, 15) is 4.39 Å². The first-order chi connectivity index (χ1) is 8.69. The van der Waals surface area contributed by atoms with Crippen molar-refractivity contribution in [3.63, 3.8) is 0 Å². The number of rotatable bonds is 3. The summed E-state index contributed by atoms with van der Waals surface area (Å²) in [6, 6.07) is 14.0. The highest BCUT2D eigenvalue weighted by atomic mass is 79.9. The molecule has 90 valence electrons. The van der Waals surface area contributed by atoms with E-state index in [0.29, 0.717) is 17.7 Å². The number of anilines is 1. The highest BCUT2D eigenvalue weighted by Gasteiger charge is 2.03. The molecule has 0 aliphatic rings. The zero-order valence-electron chi connectivity index (χ0n) is 9.45. The van der Waals surface area contributed by atoms with E-state index in [-0.39, 0.29) is 5.82 Å². The van der Waals surface area contributed by atoms with Gasteiger partial charge in [-0.05, 0) is 36.4 Å².